The van der Waals surface area contributed by atoms with Crippen molar-refractivity contribution in [2.24, 2.45) is 5.92 Å². The lowest BCUT2D eigenvalue weighted by Gasteiger charge is -2.38. The van der Waals surface area contributed by atoms with Crippen molar-refractivity contribution in [3.63, 3.8) is 0 Å². The van der Waals surface area contributed by atoms with E-state index in [4.69, 9.17) is 16.3 Å². The fraction of sp³-hybridized carbons (Fsp3) is 0.231. The number of hydrogen-bond donors (Lipinski definition) is 2. The first-order chi connectivity index (χ1) is 16.0. The number of halogens is 1. The Balaban J connectivity index is 1.49. The van der Waals surface area contributed by atoms with Crippen molar-refractivity contribution in [1.82, 2.24) is 0 Å². The second-order valence-electron chi connectivity index (χ2n) is 8.28. The molecule has 0 amide bonds. The summed E-state index contributed by atoms with van der Waals surface area (Å²) < 4.78 is 34.7. The lowest BCUT2D eigenvalue weighted by molar-refractivity contribution is 0.342. The van der Waals surface area contributed by atoms with Crippen molar-refractivity contribution >= 4 is 33.0 Å². The van der Waals surface area contributed by atoms with E-state index < -0.39 is 10.0 Å². The maximum atomic E-state index is 13.2. The van der Waals surface area contributed by atoms with Crippen molar-refractivity contribution in [3.8, 4) is 5.75 Å². The van der Waals surface area contributed by atoms with Crippen molar-refractivity contribution in [2.75, 3.05) is 16.6 Å². The van der Waals surface area contributed by atoms with Gasteiger partial charge in [0.05, 0.1) is 23.2 Å². The van der Waals surface area contributed by atoms with E-state index in [2.05, 4.69) is 28.3 Å². The fourth-order valence-corrected chi connectivity index (χ4v) is 6.17. The van der Waals surface area contributed by atoms with Crippen LogP contribution < -0.4 is 14.8 Å². The lowest BCUT2D eigenvalue weighted by atomic mass is 9.77. The zero-order valence-electron chi connectivity index (χ0n) is 18.2. The second-order valence-corrected chi connectivity index (χ2v) is 10.4. The molecule has 3 atom stereocenters. The van der Waals surface area contributed by atoms with Gasteiger partial charge in [-0.1, -0.05) is 54.1 Å². The molecule has 33 heavy (non-hydrogen) atoms. The van der Waals surface area contributed by atoms with Crippen LogP contribution in [0.2, 0.25) is 5.02 Å². The molecule has 1 aliphatic heterocycles. The van der Waals surface area contributed by atoms with E-state index in [9.17, 15) is 8.42 Å². The SMILES string of the molecule is CCOc1ccccc1NS(=O)(=O)c1ccc2c(c1)[C@H]1C=CC[C@H]1[C@@H](c1ccccc1Cl)N2. The van der Waals surface area contributed by atoms with E-state index in [1.54, 1.807) is 30.3 Å². The number of benzene rings is 3. The molecule has 3 aromatic carbocycles. The highest BCUT2D eigenvalue weighted by atomic mass is 35.5. The first-order valence-electron chi connectivity index (χ1n) is 11.0. The molecule has 2 aliphatic rings. The van der Waals surface area contributed by atoms with Gasteiger partial charge in [-0.25, -0.2) is 8.42 Å². The van der Waals surface area contributed by atoms with Gasteiger partial charge in [0, 0.05) is 16.6 Å². The average molecular weight is 481 g/mol. The summed E-state index contributed by atoms with van der Waals surface area (Å²) in [6, 6.07) is 20.3. The van der Waals surface area contributed by atoms with Crippen molar-refractivity contribution < 1.29 is 13.2 Å². The predicted molar refractivity (Wildman–Crippen MR) is 133 cm³/mol. The predicted octanol–water partition coefficient (Wildman–Crippen LogP) is 6.37. The second kappa shape index (κ2) is 8.76. The smallest absolute Gasteiger partial charge is 0.262 e. The van der Waals surface area contributed by atoms with Crippen LogP contribution in [0.5, 0.6) is 5.75 Å². The van der Waals surface area contributed by atoms with Crippen molar-refractivity contribution in [1.29, 1.82) is 0 Å². The van der Waals surface area contributed by atoms with Crippen LogP contribution in [0.4, 0.5) is 11.4 Å². The van der Waals surface area contributed by atoms with E-state index in [-0.39, 0.29) is 22.8 Å². The molecule has 0 unspecified atom stereocenters. The Bertz CT molecular complexity index is 1320. The molecule has 170 valence electrons. The van der Waals surface area contributed by atoms with Gasteiger partial charge in [-0.3, -0.25) is 4.72 Å². The summed E-state index contributed by atoms with van der Waals surface area (Å²) in [7, 11) is -3.79. The van der Waals surface area contributed by atoms with Gasteiger partial charge < -0.3 is 10.1 Å². The van der Waals surface area contributed by atoms with Gasteiger partial charge in [-0.05, 0) is 66.8 Å². The number of allylic oxidation sites excluding steroid dienone is 2. The Morgan fingerprint density at radius 1 is 1.06 bits per heavy atom. The maximum absolute atomic E-state index is 13.2. The monoisotopic (exact) mass is 480 g/mol. The normalized spacial score (nSPS) is 21.1. The number of sulfonamides is 1. The highest BCUT2D eigenvalue weighted by Crippen LogP contribution is 2.51. The number of hydrogen-bond acceptors (Lipinski definition) is 4. The number of fused-ring (bicyclic) bond motifs is 3. The lowest BCUT2D eigenvalue weighted by Crippen LogP contribution is -2.29. The zero-order valence-corrected chi connectivity index (χ0v) is 19.7. The molecular formula is C26H25ClN2O3S. The third-order valence-electron chi connectivity index (χ3n) is 6.32. The molecule has 0 spiro atoms. The molecule has 0 saturated heterocycles. The van der Waals surface area contributed by atoms with Gasteiger partial charge in [-0.15, -0.1) is 0 Å². The number of rotatable bonds is 6. The molecule has 0 aromatic heterocycles. The topological polar surface area (TPSA) is 67.4 Å². The van der Waals surface area contributed by atoms with Crippen LogP contribution in [0.3, 0.4) is 0 Å². The van der Waals surface area contributed by atoms with Gasteiger partial charge in [0.25, 0.3) is 10.0 Å². The highest BCUT2D eigenvalue weighted by molar-refractivity contribution is 7.92. The van der Waals surface area contributed by atoms with Gasteiger partial charge in [-0.2, -0.15) is 0 Å². The number of anilines is 2. The van der Waals surface area contributed by atoms with E-state index in [0.717, 1.165) is 28.3 Å². The van der Waals surface area contributed by atoms with Gasteiger partial charge in [0.1, 0.15) is 5.75 Å². The van der Waals surface area contributed by atoms with Crippen LogP contribution in [0, 0.1) is 5.92 Å². The van der Waals surface area contributed by atoms with Gasteiger partial charge in [0.15, 0.2) is 0 Å². The molecule has 5 rings (SSSR count). The van der Waals surface area contributed by atoms with E-state index in [1.165, 1.54) is 0 Å². The molecule has 5 nitrogen and oxygen atoms in total. The molecule has 2 N–H and O–H groups in total. The quantitative estimate of drug-likeness (QED) is 0.402. The van der Waals surface area contributed by atoms with Gasteiger partial charge in [0.2, 0.25) is 0 Å². The van der Waals surface area contributed by atoms with Crippen LogP contribution in [0.15, 0.2) is 83.8 Å². The first kappa shape index (κ1) is 21.9. The fourth-order valence-electron chi connectivity index (χ4n) is 4.81. The van der Waals surface area contributed by atoms with E-state index in [1.807, 2.05) is 37.3 Å². The number of nitrogens with one attached hydrogen (secondary N) is 2. The molecule has 7 heteroatoms. The number of ether oxygens (including phenoxy) is 1. The Kier molecular flexibility index (Phi) is 5.81. The molecule has 0 fully saturated rings. The standard InChI is InChI=1S/C26H25ClN2O3S/c1-2-32-25-13-6-5-12-24(25)29-33(30,31)17-14-15-23-21(16-17)18-9-7-10-19(18)26(28-23)20-8-3-4-11-22(20)27/h3-9,11-16,18-19,26,28-29H,2,10H2,1H3/t18-,19+,26-/m0/s1. The number of para-hydroxylation sites is 2. The summed E-state index contributed by atoms with van der Waals surface area (Å²) in [6.07, 6.45) is 5.26. The first-order valence-corrected chi connectivity index (χ1v) is 12.9. The Morgan fingerprint density at radius 2 is 1.85 bits per heavy atom. The van der Waals surface area contributed by atoms with Gasteiger partial charge >= 0.3 is 0 Å². The summed E-state index contributed by atoms with van der Waals surface area (Å²) in [5.41, 5.74) is 3.40. The van der Waals surface area contributed by atoms with Crippen molar-refractivity contribution in [3.05, 3.63) is 95.0 Å². The minimum atomic E-state index is -3.79. The Labute approximate surface area is 199 Å². The summed E-state index contributed by atoms with van der Waals surface area (Å²) in [4.78, 5) is 0.226. The average Bonchev–Trinajstić information content (AvgIpc) is 3.30. The summed E-state index contributed by atoms with van der Waals surface area (Å²) in [5, 5.41) is 4.36. The summed E-state index contributed by atoms with van der Waals surface area (Å²) in [5.74, 6) is 0.889. The summed E-state index contributed by atoms with van der Waals surface area (Å²) in [6.45, 7) is 2.31. The Morgan fingerprint density at radius 3 is 2.67 bits per heavy atom. The highest BCUT2D eigenvalue weighted by Gasteiger charge is 2.39. The van der Waals surface area contributed by atoms with Crippen molar-refractivity contribution in [2.45, 2.75) is 30.2 Å². The van der Waals surface area contributed by atoms with Crippen LogP contribution in [0.25, 0.3) is 0 Å². The molecule has 0 radical (unpaired) electrons. The molecule has 1 heterocycles. The molecular weight excluding hydrogens is 456 g/mol. The minimum absolute atomic E-state index is 0.0600. The minimum Gasteiger partial charge on any atom is -0.492 e. The third-order valence-corrected chi connectivity index (χ3v) is 8.02. The zero-order chi connectivity index (χ0) is 23.0. The van der Waals surface area contributed by atoms with E-state index >= 15 is 0 Å². The maximum Gasteiger partial charge on any atom is 0.262 e. The Hall–Kier alpha value is -2.96. The van der Waals surface area contributed by atoms with Crippen LogP contribution in [-0.2, 0) is 10.0 Å². The van der Waals surface area contributed by atoms with Crippen LogP contribution >= 0.6 is 11.6 Å². The van der Waals surface area contributed by atoms with Crippen LogP contribution in [-0.4, -0.2) is 15.0 Å². The molecule has 0 bridgehead atoms. The third kappa shape index (κ3) is 4.09. The largest absolute Gasteiger partial charge is 0.492 e. The molecule has 3 aromatic rings. The van der Waals surface area contributed by atoms with E-state index in [0.29, 0.717) is 18.0 Å². The molecule has 1 aliphatic carbocycles. The van der Waals surface area contributed by atoms with Crippen LogP contribution in [0.1, 0.15) is 36.4 Å². The summed E-state index contributed by atoms with van der Waals surface area (Å²) >= 11 is 6.51. The molecule has 0 saturated carbocycles.